The van der Waals surface area contributed by atoms with Gasteiger partial charge in [-0.3, -0.25) is 0 Å². The van der Waals surface area contributed by atoms with Gasteiger partial charge in [-0.2, -0.15) is 0 Å². The van der Waals surface area contributed by atoms with Crippen LogP contribution in [-0.2, 0) is 18.4 Å². The van der Waals surface area contributed by atoms with Crippen LogP contribution in [0, 0.1) is 0 Å². The number of hydrogen-bond donors (Lipinski definition) is 1. The molecule has 0 radical (unpaired) electrons. The number of rotatable bonds is 4. The van der Waals surface area contributed by atoms with Crippen molar-refractivity contribution in [2.24, 2.45) is 12.8 Å². The summed E-state index contributed by atoms with van der Waals surface area (Å²) in [5.41, 5.74) is 7.11. The molecule has 5 nitrogen and oxygen atoms in total. The zero-order valence-corrected chi connectivity index (χ0v) is 8.68. The molecule has 0 aliphatic rings. The van der Waals surface area contributed by atoms with Gasteiger partial charge in [0.05, 0.1) is 12.1 Å². The summed E-state index contributed by atoms with van der Waals surface area (Å²) < 4.78 is 7.33. The highest BCUT2D eigenvalue weighted by atomic mass is 16.5. The molecule has 0 saturated carbocycles. The van der Waals surface area contributed by atoms with Gasteiger partial charge in [0.1, 0.15) is 12.4 Å². The van der Waals surface area contributed by atoms with Crippen molar-refractivity contribution in [2.75, 3.05) is 13.2 Å². The van der Waals surface area contributed by atoms with E-state index in [0.717, 1.165) is 17.0 Å². The Morgan fingerprint density at radius 2 is 2.40 bits per heavy atom. The van der Waals surface area contributed by atoms with Gasteiger partial charge in [0.25, 0.3) is 0 Å². The summed E-state index contributed by atoms with van der Waals surface area (Å²) in [7, 11) is 1.96. The molecule has 2 N–H and O–H groups in total. The molecule has 0 atom stereocenters. The fourth-order valence-corrected chi connectivity index (χ4v) is 1.45. The van der Waals surface area contributed by atoms with E-state index in [1.165, 1.54) is 0 Å². The van der Waals surface area contributed by atoms with Gasteiger partial charge in [-0.05, 0) is 12.1 Å². The lowest BCUT2D eigenvalue weighted by Crippen LogP contribution is -2.10. The van der Waals surface area contributed by atoms with Crippen molar-refractivity contribution in [2.45, 2.75) is 6.61 Å². The lowest BCUT2D eigenvalue weighted by molar-refractivity contribution is 0.121. The predicted molar refractivity (Wildman–Crippen MR) is 57.2 cm³/mol. The topological polar surface area (TPSA) is 66.0 Å². The molecule has 5 heteroatoms. The SMILES string of the molecule is Cn1c(COCCN)nc2ncccc21. The molecule has 2 aromatic rings. The first-order valence-electron chi connectivity index (χ1n) is 4.87. The molecule has 0 saturated heterocycles. The van der Waals surface area contributed by atoms with E-state index in [2.05, 4.69) is 9.97 Å². The molecule has 0 aliphatic carbocycles. The van der Waals surface area contributed by atoms with Crippen LogP contribution in [0.4, 0.5) is 0 Å². The van der Waals surface area contributed by atoms with E-state index in [1.807, 2.05) is 23.7 Å². The van der Waals surface area contributed by atoms with Crippen molar-refractivity contribution < 1.29 is 4.74 Å². The van der Waals surface area contributed by atoms with Gasteiger partial charge >= 0.3 is 0 Å². The lowest BCUT2D eigenvalue weighted by Gasteiger charge is -2.02. The predicted octanol–water partition coefficient (Wildman–Crippen LogP) is 0.444. The Hall–Kier alpha value is -1.46. The minimum Gasteiger partial charge on any atom is -0.372 e. The quantitative estimate of drug-likeness (QED) is 0.737. The number of nitrogens with two attached hydrogens (primary N) is 1. The van der Waals surface area contributed by atoms with Gasteiger partial charge in [0.15, 0.2) is 5.65 Å². The highest BCUT2D eigenvalue weighted by Gasteiger charge is 2.07. The maximum absolute atomic E-state index is 5.34. The van der Waals surface area contributed by atoms with Crippen molar-refractivity contribution in [3.8, 4) is 0 Å². The van der Waals surface area contributed by atoms with Crippen LogP contribution in [0.1, 0.15) is 5.82 Å². The van der Waals surface area contributed by atoms with Gasteiger partial charge in [0, 0.05) is 19.8 Å². The summed E-state index contributed by atoms with van der Waals surface area (Å²) in [5.74, 6) is 0.872. The first-order chi connectivity index (χ1) is 7.33. The normalized spacial score (nSPS) is 11.1. The Balaban J connectivity index is 2.24. The first kappa shape index (κ1) is 10.1. The highest BCUT2D eigenvalue weighted by Crippen LogP contribution is 2.12. The molecule has 2 rings (SSSR count). The van der Waals surface area contributed by atoms with E-state index in [-0.39, 0.29) is 0 Å². The third kappa shape index (κ3) is 1.98. The second-order valence-corrected chi connectivity index (χ2v) is 3.27. The summed E-state index contributed by atoms with van der Waals surface area (Å²) in [4.78, 5) is 8.55. The fourth-order valence-electron chi connectivity index (χ4n) is 1.45. The number of pyridine rings is 1. The second-order valence-electron chi connectivity index (χ2n) is 3.27. The third-order valence-corrected chi connectivity index (χ3v) is 2.24. The molecule has 15 heavy (non-hydrogen) atoms. The van der Waals surface area contributed by atoms with Crippen molar-refractivity contribution in [3.05, 3.63) is 24.2 Å². The molecule has 0 spiro atoms. The number of aromatic nitrogens is 3. The zero-order chi connectivity index (χ0) is 10.7. The van der Waals surface area contributed by atoms with E-state index >= 15 is 0 Å². The van der Waals surface area contributed by atoms with Crippen molar-refractivity contribution >= 4 is 11.2 Å². The molecular weight excluding hydrogens is 192 g/mol. The van der Waals surface area contributed by atoms with Crippen LogP contribution in [0.3, 0.4) is 0 Å². The number of aryl methyl sites for hydroxylation is 1. The van der Waals surface area contributed by atoms with Gasteiger partial charge in [-0.15, -0.1) is 0 Å². The van der Waals surface area contributed by atoms with Crippen LogP contribution in [0.15, 0.2) is 18.3 Å². The van der Waals surface area contributed by atoms with Crippen LogP contribution >= 0.6 is 0 Å². The lowest BCUT2D eigenvalue weighted by atomic mass is 10.4. The molecule has 2 heterocycles. The van der Waals surface area contributed by atoms with Crippen LogP contribution in [0.25, 0.3) is 11.2 Å². The smallest absolute Gasteiger partial charge is 0.177 e. The number of fused-ring (bicyclic) bond motifs is 1. The largest absolute Gasteiger partial charge is 0.372 e. The zero-order valence-electron chi connectivity index (χ0n) is 8.68. The monoisotopic (exact) mass is 206 g/mol. The van der Waals surface area contributed by atoms with Gasteiger partial charge in [-0.1, -0.05) is 0 Å². The number of hydrogen-bond acceptors (Lipinski definition) is 4. The molecule has 2 aromatic heterocycles. The summed E-state index contributed by atoms with van der Waals surface area (Å²) in [6.07, 6.45) is 1.74. The van der Waals surface area contributed by atoms with Gasteiger partial charge in [-0.25, -0.2) is 9.97 Å². The van der Waals surface area contributed by atoms with Crippen LogP contribution < -0.4 is 5.73 Å². The van der Waals surface area contributed by atoms with E-state index in [0.29, 0.717) is 19.8 Å². The molecule has 0 aliphatic heterocycles. The number of ether oxygens (including phenoxy) is 1. The summed E-state index contributed by atoms with van der Waals surface area (Å²) >= 11 is 0. The standard InChI is InChI=1S/C10H14N4O/c1-14-8-3-2-5-12-10(8)13-9(14)7-15-6-4-11/h2-3,5H,4,6-7,11H2,1H3. The molecule has 0 fully saturated rings. The average molecular weight is 206 g/mol. The van der Waals surface area contributed by atoms with E-state index in [9.17, 15) is 0 Å². The Morgan fingerprint density at radius 1 is 1.53 bits per heavy atom. The minimum absolute atomic E-state index is 0.476. The van der Waals surface area contributed by atoms with Crippen molar-refractivity contribution in [1.82, 2.24) is 14.5 Å². The van der Waals surface area contributed by atoms with Gasteiger partial charge in [0.2, 0.25) is 0 Å². The summed E-state index contributed by atoms with van der Waals surface area (Å²) in [6.45, 7) is 1.56. The van der Waals surface area contributed by atoms with E-state index in [4.69, 9.17) is 10.5 Å². The van der Waals surface area contributed by atoms with Crippen LogP contribution in [-0.4, -0.2) is 27.7 Å². The summed E-state index contributed by atoms with van der Waals surface area (Å²) in [6, 6.07) is 3.89. The Bertz CT molecular complexity index is 452. The van der Waals surface area contributed by atoms with E-state index < -0.39 is 0 Å². The maximum atomic E-state index is 5.34. The highest BCUT2D eigenvalue weighted by molar-refractivity contribution is 5.70. The van der Waals surface area contributed by atoms with E-state index in [1.54, 1.807) is 6.20 Å². The maximum Gasteiger partial charge on any atom is 0.177 e. The molecule has 0 unspecified atom stereocenters. The van der Waals surface area contributed by atoms with Gasteiger partial charge < -0.3 is 15.0 Å². The molecule has 0 bridgehead atoms. The second kappa shape index (κ2) is 4.37. The van der Waals surface area contributed by atoms with Crippen LogP contribution in [0.2, 0.25) is 0 Å². The molecule has 80 valence electrons. The molecule has 0 aromatic carbocycles. The summed E-state index contributed by atoms with van der Waals surface area (Å²) in [5, 5.41) is 0. The third-order valence-electron chi connectivity index (χ3n) is 2.24. The average Bonchev–Trinajstić information content (AvgIpc) is 2.57. The van der Waals surface area contributed by atoms with Crippen molar-refractivity contribution in [1.29, 1.82) is 0 Å². The first-order valence-corrected chi connectivity index (χ1v) is 4.87. The van der Waals surface area contributed by atoms with Crippen LogP contribution in [0.5, 0.6) is 0 Å². The Kier molecular flexibility index (Phi) is 2.94. The Labute approximate surface area is 87.9 Å². The van der Waals surface area contributed by atoms with Crippen molar-refractivity contribution in [3.63, 3.8) is 0 Å². The minimum atomic E-state index is 0.476. The number of nitrogens with zero attached hydrogens (tertiary/aromatic N) is 3. The fraction of sp³-hybridized carbons (Fsp3) is 0.400. The number of imidazole rings is 1. The molecular formula is C10H14N4O. The molecule has 0 amide bonds. The Morgan fingerprint density at radius 3 is 3.13 bits per heavy atom.